The van der Waals surface area contributed by atoms with Crippen LogP contribution in [0.2, 0.25) is 0 Å². The van der Waals surface area contributed by atoms with Crippen molar-refractivity contribution in [2.24, 2.45) is 0 Å². The Bertz CT molecular complexity index is 1540. The quantitative estimate of drug-likeness (QED) is 0.447. The van der Waals surface area contributed by atoms with Gasteiger partial charge in [-0.3, -0.25) is 19.3 Å². The Labute approximate surface area is 221 Å². The van der Waals surface area contributed by atoms with Crippen molar-refractivity contribution in [2.75, 3.05) is 29.1 Å². The van der Waals surface area contributed by atoms with Gasteiger partial charge in [0.25, 0.3) is 5.56 Å². The summed E-state index contributed by atoms with van der Waals surface area (Å²) in [6.07, 6.45) is 0.487. The second kappa shape index (κ2) is 9.79. The molecule has 3 aliphatic heterocycles. The number of amides is 3. The zero-order chi connectivity index (χ0) is 26.4. The van der Waals surface area contributed by atoms with Gasteiger partial charge in [0.2, 0.25) is 11.8 Å². The molecule has 196 valence electrons. The van der Waals surface area contributed by atoms with Crippen molar-refractivity contribution in [2.45, 2.75) is 42.7 Å². The van der Waals surface area contributed by atoms with Crippen molar-refractivity contribution in [3.8, 4) is 0 Å². The summed E-state index contributed by atoms with van der Waals surface area (Å²) in [5.74, 6) is -0.723. The van der Waals surface area contributed by atoms with Crippen molar-refractivity contribution >= 4 is 51.9 Å². The Morgan fingerprint density at radius 3 is 2.84 bits per heavy atom. The minimum Gasteiger partial charge on any atom is -0.444 e. The van der Waals surface area contributed by atoms with Crippen LogP contribution >= 0.6 is 11.8 Å². The molecule has 11 heteroatoms. The van der Waals surface area contributed by atoms with Gasteiger partial charge in [0.05, 0.1) is 23.5 Å². The summed E-state index contributed by atoms with van der Waals surface area (Å²) in [4.78, 5) is 51.6. The summed E-state index contributed by atoms with van der Waals surface area (Å²) in [5.41, 5.74) is 2.14. The van der Waals surface area contributed by atoms with Gasteiger partial charge in [0.1, 0.15) is 11.9 Å². The van der Waals surface area contributed by atoms with E-state index in [0.29, 0.717) is 54.1 Å². The number of halogens is 1. The Hall–Kier alpha value is -3.86. The lowest BCUT2D eigenvalue weighted by Crippen LogP contribution is -2.28. The van der Waals surface area contributed by atoms with Gasteiger partial charge in [-0.15, -0.1) is 11.8 Å². The van der Waals surface area contributed by atoms with E-state index >= 15 is 0 Å². The molecule has 2 atom stereocenters. The van der Waals surface area contributed by atoms with E-state index in [2.05, 4.69) is 10.6 Å². The monoisotopic (exact) mass is 536 g/mol. The second-order valence-corrected chi connectivity index (χ2v) is 10.7. The van der Waals surface area contributed by atoms with E-state index in [1.54, 1.807) is 27.7 Å². The molecule has 0 spiro atoms. The fourth-order valence-corrected chi connectivity index (χ4v) is 6.21. The maximum Gasteiger partial charge on any atom is 0.414 e. The van der Waals surface area contributed by atoms with E-state index in [-0.39, 0.29) is 36.4 Å². The molecular formula is C27H25FN4O5S. The van der Waals surface area contributed by atoms with Gasteiger partial charge < -0.3 is 19.9 Å². The molecule has 38 heavy (non-hydrogen) atoms. The van der Waals surface area contributed by atoms with Crippen LogP contribution in [0.1, 0.15) is 30.7 Å². The lowest BCUT2D eigenvalue weighted by atomic mass is 9.96. The van der Waals surface area contributed by atoms with Crippen LogP contribution in [0.5, 0.6) is 0 Å². The van der Waals surface area contributed by atoms with E-state index in [1.807, 2.05) is 12.1 Å². The predicted octanol–water partition coefficient (Wildman–Crippen LogP) is 3.59. The maximum atomic E-state index is 14.6. The molecule has 1 fully saturated rings. The minimum atomic E-state index is -0.444. The van der Waals surface area contributed by atoms with Gasteiger partial charge in [-0.1, -0.05) is 0 Å². The number of aromatic nitrogens is 1. The van der Waals surface area contributed by atoms with Crippen LogP contribution in [0.15, 0.2) is 52.2 Å². The molecule has 2 N–H and O–H groups in total. The molecule has 1 aromatic heterocycles. The van der Waals surface area contributed by atoms with Crippen LogP contribution in [0.4, 0.5) is 20.6 Å². The van der Waals surface area contributed by atoms with Crippen molar-refractivity contribution in [1.29, 1.82) is 0 Å². The molecule has 0 bridgehead atoms. The summed E-state index contributed by atoms with van der Waals surface area (Å²) in [5, 5.41) is 6.48. The predicted molar refractivity (Wildman–Crippen MR) is 141 cm³/mol. The smallest absolute Gasteiger partial charge is 0.414 e. The second-order valence-electron chi connectivity index (χ2n) is 9.71. The third-order valence-electron chi connectivity index (χ3n) is 7.19. The summed E-state index contributed by atoms with van der Waals surface area (Å²) in [6.45, 7) is 1.05. The van der Waals surface area contributed by atoms with Crippen molar-refractivity contribution in [3.05, 3.63) is 64.2 Å². The number of nitrogens with one attached hydrogen (secondary N) is 2. The van der Waals surface area contributed by atoms with Gasteiger partial charge in [-0.05, 0) is 54.6 Å². The molecular weight excluding hydrogens is 511 g/mol. The fraction of sp³-hybridized carbons (Fsp3) is 0.333. The first-order chi connectivity index (χ1) is 18.4. The Morgan fingerprint density at radius 1 is 1.13 bits per heavy atom. The lowest BCUT2D eigenvalue weighted by Gasteiger charge is -2.20. The van der Waals surface area contributed by atoms with Crippen LogP contribution in [-0.4, -0.2) is 47.4 Å². The third kappa shape index (κ3) is 4.51. The number of rotatable bonds is 7. The van der Waals surface area contributed by atoms with Crippen LogP contribution < -0.4 is 21.1 Å². The standard InChI is InChI=1S/C27H25FN4O5S/c28-19-6-3-15-4-8-24(35)32-12-16(25(19)26(15)32)10-22(33)29-9-1-2-18-13-31(27(36)37-18)17-5-7-21-20(11-17)30-23(34)14-38-21/h3-8,11,16,18H,1-2,9-10,12-14H2,(H,29,33)(H,30,34)/t16?,18-/m1/s1. The fourth-order valence-electron chi connectivity index (χ4n) is 5.42. The highest BCUT2D eigenvalue weighted by Gasteiger charge is 2.33. The molecule has 1 saturated heterocycles. The van der Waals surface area contributed by atoms with Crippen molar-refractivity contribution in [3.63, 3.8) is 0 Å². The molecule has 3 aliphatic rings. The molecule has 3 amide bonds. The largest absolute Gasteiger partial charge is 0.444 e. The summed E-state index contributed by atoms with van der Waals surface area (Å²) < 4.78 is 21.7. The first-order valence-electron chi connectivity index (χ1n) is 12.5. The molecule has 9 nitrogen and oxygen atoms in total. The number of carbonyl (C=O) groups is 3. The molecule has 0 aliphatic carbocycles. The minimum absolute atomic E-state index is 0.0721. The molecule has 0 saturated carbocycles. The third-order valence-corrected chi connectivity index (χ3v) is 8.26. The lowest BCUT2D eigenvalue weighted by molar-refractivity contribution is -0.121. The first-order valence-corrected chi connectivity index (χ1v) is 13.5. The van der Waals surface area contributed by atoms with E-state index in [4.69, 9.17) is 4.74 Å². The molecule has 2 aromatic carbocycles. The average Bonchev–Trinajstić information content (AvgIpc) is 3.47. The highest BCUT2D eigenvalue weighted by Crippen LogP contribution is 2.37. The molecule has 4 heterocycles. The Kier molecular flexibility index (Phi) is 6.30. The highest BCUT2D eigenvalue weighted by molar-refractivity contribution is 8.00. The Morgan fingerprint density at radius 2 is 1.97 bits per heavy atom. The van der Waals surface area contributed by atoms with Crippen molar-refractivity contribution < 1.29 is 23.5 Å². The zero-order valence-electron chi connectivity index (χ0n) is 20.4. The van der Waals surface area contributed by atoms with E-state index in [9.17, 15) is 23.6 Å². The number of hydrogen-bond donors (Lipinski definition) is 2. The number of ether oxygens (including phenoxy) is 1. The van der Waals surface area contributed by atoms with Gasteiger partial charge in [0.15, 0.2) is 0 Å². The van der Waals surface area contributed by atoms with Gasteiger partial charge >= 0.3 is 6.09 Å². The maximum absolute atomic E-state index is 14.6. The molecule has 6 rings (SSSR count). The van der Waals surface area contributed by atoms with Crippen LogP contribution in [0, 0.1) is 5.82 Å². The normalized spacial score (nSPS) is 19.9. The summed E-state index contributed by atoms with van der Waals surface area (Å²) >= 11 is 1.46. The number of fused-ring (bicyclic) bond motifs is 1. The van der Waals surface area contributed by atoms with E-state index in [1.165, 1.54) is 23.9 Å². The van der Waals surface area contributed by atoms with Crippen LogP contribution in [-0.2, 0) is 20.9 Å². The summed E-state index contributed by atoms with van der Waals surface area (Å²) in [6, 6.07) is 11.7. The molecule has 1 unspecified atom stereocenters. The molecule has 3 aromatic rings. The zero-order valence-corrected chi connectivity index (χ0v) is 21.2. The average molecular weight is 537 g/mol. The number of hydrogen-bond acceptors (Lipinski definition) is 6. The van der Waals surface area contributed by atoms with E-state index < -0.39 is 17.8 Å². The number of nitrogens with zero attached hydrogens (tertiary/aromatic N) is 2. The molecule has 0 radical (unpaired) electrons. The number of cyclic esters (lactones) is 1. The topological polar surface area (TPSA) is 110 Å². The van der Waals surface area contributed by atoms with Gasteiger partial charge in [0, 0.05) is 47.6 Å². The van der Waals surface area contributed by atoms with Crippen LogP contribution in [0.25, 0.3) is 10.9 Å². The summed E-state index contributed by atoms with van der Waals surface area (Å²) in [7, 11) is 0. The van der Waals surface area contributed by atoms with E-state index in [0.717, 1.165) is 10.3 Å². The number of carbonyl (C=O) groups excluding carboxylic acids is 3. The van der Waals surface area contributed by atoms with Gasteiger partial charge in [-0.2, -0.15) is 0 Å². The first kappa shape index (κ1) is 24.5. The van der Waals surface area contributed by atoms with Crippen molar-refractivity contribution in [1.82, 2.24) is 9.88 Å². The number of pyridine rings is 1. The highest BCUT2D eigenvalue weighted by atomic mass is 32.2. The number of anilines is 2. The number of benzene rings is 2. The van der Waals surface area contributed by atoms with Gasteiger partial charge in [-0.25, -0.2) is 9.18 Å². The SMILES string of the molecule is O=C(CC1Cn2c(=O)ccc3ccc(F)c1c32)NCCC[C@@H]1CN(c2ccc3c(c2)NC(=O)CS3)C(=O)O1. The van der Waals surface area contributed by atoms with Crippen LogP contribution in [0.3, 0.4) is 0 Å². The number of thioether (sulfide) groups is 1. The Balaban J connectivity index is 1.00.